The van der Waals surface area contributed by atoms with Crippen LogP contribution in [0.3, 0.4) is 0 Å². The maximum Gasteiger partial charge on any atom is 0.257 e. The Kier molecular flexibility index (Phi) is 3.71. The molecule has 5 heteroatoms. The van der Waals surface area contributed by atoms with Crippen LogP contribution in [0.1, 0.15) is 15.9 Å². The SMILES string of the molecule is Cc1ccc(NC(=O)c2ccc(F)cc2N)c(Cl)c1. The third-order valence-corrected chi connectivity index (χ3v) is 2.94. The second-order valence-corrected chi connectivity index (χ2v) is 4.58. The predicted molar refractivity (Wildman–Crippen MR) is 75.0 cm³/mol. The summed E-state index contributed by atoms with van der Waals surface area (Å²) in [6.07, 6.45) is 0. The number of carbonyl (C=O) groups excluding carboxylic acids is 1. The number of amides is 1. The fourth-order valence-electron chi connectivity index (χ4n) is 1.65. The summed E-state index contributed by atoms with van der Waals surface area (Å²) in [6, 6.07) is 8.89. The summed E-state index contributed by atoms with van der Waals surface area (Å²) in [4.78, 5) is 12.0. The molecule has 3 N–H and O–H groups in total. The average Bonchev–Trinajstić information content (AvgIpc) is 2.32. The number of aryl methyl sites for hydroxylation is 1. The number of carbonyl (C=O) groups is 1. The van der Waals surface area contributed by atoms with Crippen molar-refractivity contribution in [1.29, 1.82) is 0 Å². The number of nitrogen functional groups attached to an aromatic ring is 1. The molecule has 3 nitrogen and oxygen atoms in total. The van der Waals surface area contributed by atoms with Crippen LogP contribution in [0.15, 0.2) is 36.4 Å². The Balaban J connectivity index is 2.25. The van der Waals surface area contributed by atoms with Crippen molar-refractivity contribution in [3.05, 3.63) is 58.4 Å². The Bertz CT molecular complexity index is 643. The molecule has 0 unspecified atom stereocenters. The lowest BCUT2D eigenvalue weighted by Crippen LogP contribution is -2.14. The Morgan fingerprint density at radius 2 is 2.00 bits per heavy atom. The maximum atomic E-state index is 12.9. The Morgan fingerprint density at radius 3 is 2.63 bits per heavy atom. The summed E-state index contributed by atoms with van der Waals surface area (Å²) in [5.41, 5.74) is 7.37. The van der Waals surface area contributed by atoms with Crippen LogP contribution >= 0.6 is 11.6 Å². The van der Waals surface area contributed by atoms with Crippen molar-refractivity contribution in [3.8, 4) is 0 Å². The van der Waals surface area contributed by atoms with Gasteiger partial charge in [-0.05, 0) is 42.8 Å². The lowest BCUT2D eigenvalue weighted by Gasteiger charge is -2.09. The maximum absolute atomic E-state index is 12.9. The monoisotopic (exact) mass is 278 g/mol. The fraction of sp³-hybridized carbons (Fsp3) is 0.0714. The van der Waals surface area contributed by atoms with E-state index in [-0.39, 0.29) is 11.3 Å². The molecular formula is C14H12ClFN2O. The van der Waals surface area contributed by atoms with Gasteiger partial charge in [0.05, 0.1) is 16.3 Å². The van der Waals surface area contributed by atoms with Gasteiger partial charge in [-0.2, -0.15) is 0 Å². The van der Waals surface area contributed by atoms with Gasteiger partial charge in [-0.15, -0.1) is 0 Å². The second kappa shape index (κ2) is 5.28. The van der Waals surface area contributed by atoms with Gasteiger partial charge in [0.1, 0.15) is 5.82 Å². The highest BCUT2D eigenvalue weighted by atomic mass is 35.5. The third-order valence-electron chi connectivity index (χ3n) is 2.63. The molecule has 0 aliphatic carbocycles. The number of nitrogens with one attached hydrogen (secondary N) is 1. The van der Waals surface area contributed by atoms with Crippen LogP contribution in [0.4, 0.5) is 15.8 Å². The summed E-state index contributed by atoms with van der Waals surface area (Å²) < 4.78 is 12.9. The molecule has 0 bridgehead atoms. The van der Waals surface area contributed by atoms with E-state index in [4.69, 9.17) is 17.3 Å². The number of anilines is 2. The first-order valence-corrected chi connectivity index (χ1v) is 5.97. The lowest BCUT2D eigenvalue weighted by molar-refractivity contribution is 0.102. The molecule has 98 valence electrons. The highest BCUT2D eigenvalue weighted by Crippen LogP contribution is 2.24. The van der Waals surface area contributed by atoms with E-state index in [1.807, 2.05) is 13.0 Å². The standard InChI is InChI=1S/C14H12ClFN2O/c1-8-2-5-13(11(15)6-8)18-14(19)10-4-3-9(16)7-12(10)17/h2-7H,17H2,1H3,(H,18,19). The number of benzene rings is 2. The average molecular weight is 279 g/mol. The van der Waals surface area contributed by atoms with Crippen molar-refractivity contribution in [3.63, 3.8) is 0 Å². The van der Waals surface area contributed by atoms with E-state index in [0.29, 0.717) is 10.7 Å². The number of hydrogen-bond acceptors (Lipinski definition) is 2. The first-order valence-electron chi connectivity index (χ1n) is 5.60. The van der Waals surface area contributed by atoms with Crippen molar-refractivity contribution in [2.45, 2.75) is 6.92 Å². The van der Waals surface area contributed by atoms with Crippen LogP contribution < -0.4 is 11.1 Å². The minimum atomic E-state index is -0.484. The molecule has 19 heavy (non-hydrogen) atoms. The number of rotatable bonds is 2. The van der Waals surface area contributed by atoms with Gasteiger partial charge >= 0.3 is 0 Å². The van der Waals surface area contributed by atoms with Crippen molar-refractivity contribution >= 4 is 28.9 Å². The summed E-state index contributed by atoms with van der Waals surface area (Å²) in [6.45, 7) is 1.90. The van der Waals surface area contributed by atoms with E-state index < -0.39 is 11.7 Å². The molecule has 0 saturated heterocycles. The Labute approximate surface area is 115 Å². The molecule has 0 saturated carbocycles. The van der Waals surface area contributed by atoms with E-state index in [9.17, 15) is 9.18 Å². The molecule has 0 aliphatic heterocycles. The highest BCUT2D eigenvalue weighted by Gasteiger charge is 2.12. The van der Waals surface area contributed by atoms with Crippen molar-refractivity contribution in [2.24, 2.45) is 0 Å². The summed E-state index contributed by atoms with van der Waals surface area (Å²) >= 11 is 6.02. The quantitative estimate of drug-likeness (QED) is 0.824. The zero-order valence-corrected chi connectivity index (χ0v) is 11.0. The van der Waals surface area contributed by atoms with Crippen molar-refractivity contribution < 1.29 is 9.18 Å². The van der Waals surface area contributed by atoms with Crippen LogP contribution in [0.25, 0.3) is 0 Å². The molecule has 2 rings (SSSR count). The van der Waals surface area contributed by atoms with E-state index in [2.05, 4.69) is 5.32 Å². The minimum absolute atomic E-state index is 0.0840. The molecule has 1 amide bonds. The number of nitrogens with two attached hydrogens (primary N) is 1. The summed E-state index contributed by atoms with van der Waals surface area (Å²) in [7, 11) is 0. The zero-order chi connectivity index (χ0) is 14.0. The molecule has 0 aromatic heterocycles. The van der Waals surface area contributed by atoms with Gasteiger partial charge in [0.25, 0.3) is 5.91 Å². The summed E-state index contributed by atoms with van der Waals surface area (Å²) in [5, 5.41) is 3.08. The molecule has 0 spiro atoms. The van der Waals surface area contributed by atoms with E-state index >= 15 is 0 Å². The van der Waals surface area contributed by atoms with Crippen molar-refractivity contribution in [2.75, 3.05) is 11.1 Å². The lowest BCUT2D eigenvalue weighted by atomic mass is 10.1. The minimum Gasteiger partial charge on any atom is -0.398 e. The number of halogens is 2. The summed E-state index contributed by atoms with van der Waals surface area (Å²) in [5.74, 6) is -0.911. The topological polar surface area (TPSA) is 55.1 Å². The van der Waals surface area contributed by atoms with E-state index in [0.717, 1.165) is 11.6 Å². The normalized spacial score (nSPS) is 10.3. The van der Waals surface area contributed by atoms with E-state index in [1.54, 1.807) is 12.1 Å². The van der Waals surface area contributed by atoms with Gasteiger partial charge in [-0.1, -0.05) is 17.7 Å². The molecule has 0 heterocycles. The van der Waals surface area contributed by atoms with Gasteiger partial charge in [0.15, 0.2) is 0 Å². The van der Waals surface area contributed by atoms with Crippen LogP contribution in [-0.4, -0.2) is 5.91 Å². The molecular weight excluding hydrogens is 267 g/mol. The van der Waals surface area contributed by atoms with Gasteiger partial charge in [0.2, 0.25) is 0 Å². The zero-order valence-electron chi connectivity index (χ0n) is 10.2. The third kappa shape index (κ3) is 3.03. The van der Waals surface area contributed by atoms with Gasteiger partial charge in [-0.25, -0.2) is 4.39 Å². The first kappa shape index (κ1) is 13.4. The van der Waals surface area contributed by atoms with Crippen LogP contribution in [0, 0.1) is 12.7 Å². The number of hydrogen-bond donors (Lipinski definition) is 2. The van der Waals surface area contributed by atoms with Crippen LogP contribution in [0.5, 0.6) is 0 Å². The fourth-order valence-corrected chi connectivity index (χ4v) is 1.93. The molecule has 0 fully saturated rings. The Hall–Kier alpha value is -2.07. The largest absolute Gasteiger partial charge is 0.398 e. The van der Waals surface area contributed by atoms with Crippen molar-refractivity contribution in [1.82, 2.24) is 0 Å². The smallest absolute Gasteiger partial charge is 0.257 e. The molecule has 0 atom stereocenters. The second-order valence-electron chi connectivity index (χ2n) is 4.17. The van der Waals surface area contributed by atoms with Gasteiger partial charge < -0.3 is 11.1 Å². The predicted octanol–water partition coefficient (Wildman–Crippen LogP) is 3.62. The van der Waals surface area contributed by atoms with Gasteiger partial charge in [-0.3, -0.25) is 4.79 Å². The Morgan fingerprint density at radius 1 is 1.26 bits per heavy atom. The first-order chi connectivity index (χ1) is 8.97. The van der Waals surface area contributed by atoms with Crippen LogP contribution in [-0.2, 0) is 0 Å². The molecule has 2 aromatic carbocycles. The molecule has 2 aromatic rings. The van der Waals surface area contributed by atoms with E-state index in [1.165, 1.54) is 12.1 Å². The molecule has 0 aliphatic rings. The molecule has 0 radical (unpaired) electrons. The van der Waals surface area contributed by atoms with Gasteiger partial charge in [0, 0.05) is 5.69 Å². The highest BCUT2D eigenvalue weighted by molar-refractivity contribution is 6.34. The van der Waals surface area contributed by atoms with Crippen LogP contribution in [0.2, 0.25) is 5.02 Å².